The minimum Gasteiger partial charge on any atom is -0.497 e. The third-order valence-electron chi connectivity index (χ3n) is 4.53. The molecule has 4 rings (SSSR count). The lowest BCUT2D eigenvalue weighted by molar-refractivity contribution is -0.118. The van der Waals surface area contributed by atoms with E-state index in [1.54, 1.807) is 13.2 Å². The van der Waals surface area contributed by atoms with Gasteiger partial charge in [-0.1, -0.05) is 12.1 Å². The summed E-state index contributed by atoms with van der Waals surface area (Å²) in [6.45, 7) is 3.39. The quantitative estimate of drug-likeness (QED) is 0.860. The Kier molecular flexibility index (Phi) is 4.25. The van der Waals surface area contributed by atoms with Crippen LogP contribution in [0.1, 0.15) is 18.4 Å². The molecule has 0 aliphatic carbocycles. The van der Waals surface area contributed by atoms with E-state index < -0.39 is 0 Å². The van der Waals surface area contributed by atoms with Gasteiger partial charge in [0, 0.05) is 18.7 Å². The van der Waals surface area contributed by atoms with Crippen LogP contribution in [0, 0.1) is 5.92 Å². The summed E-state index contributed by atoms with van der Waals surface area (Å²) < 4.78 is 5.12. The van der Waals surface area contributed by atoms with Crippen LogP contribution in [0.25, 0.3) is 6.08 Å². The number of hydrogen-bond acceptors (Lipinski definition) is 3. The van der Waals surface area contributed by atoms with E-state index in [0.29, 0.717) is 12.0 Å². The number of nitrogens with zero attached hydrogens (tertiary/aromatic N) is 1. The summed E-state index contributed by atoms with van der Waals surface area (Å²) in [7, 11) is 1.65. The van der Waals surface area contributed by atoms with Gasteiger partial charge in [-0.05, 0) is 55.6 Å². The number of methoxy groups -OCH3 is 1. The van der Waals surface area contributed by atoms with Crippen LogP contribution in [0.2, 0.25) is 0 Å². The number of carbonyl (C=O) groups excluding carboxylic acids is 1. The minimum absolute atomic E-state index is 0.00423. The molecular formula is C17H22N2O2. The monoisotopic (exact) mass is 286 g/mol. The van der Waals surface area contributed by atoms with Crippen molar-refractivity contribution >= 4 is 12.0 Å². The molecule has 0 spiro atoms. The van der Waals surface area contributed by atoms with E-state index >= 15 is 0 Å². The van der Waals surface area contributed by atoms with Crippen LogP contribution in [-0.2, 0) is 4.79 Å². The lowest BCUT2D eigenvalue weighted by atomic mass is 9.84. The minimum atomic E-state index is 0.00423. The summed E-state index contributed by atoms with van der Waals surface area (Å²) in [4.78, 5) is 14.5. The van der Waals surface area contributed by atoms with Crippen molar-refractivity contribution in [3.63, 3.8) is 0 Å². The number of benzene rings is 1. The smallest absolute Gasteiger partial charge is 0.244 e. The first-order valence-corrected chi connectivity index (χ1v) is 7.59. The zero-order valence-corrected chi connectivity index (χ0v) is 12.4. The molecule has 1 amide bonds. The Morgan fingerprint density at radius 1 is 1.29 bits per heavy atom. The summed E-state index contributed by atoms with van der Waals surface area (Å²) in [5, 5.41) is 3.15. The average molecular weight is 286 g/mol. The van der Waals surface area contributed by atoms with Gasteiger partial charge in [0.05, 0.1) is 7.11 Å². The van der Waals surface area contributed by atoms with Gasteiger partial charge in [-0.3, -0.25) is 4.79 Å². The molecule has 112 valence electrons. The maximum absolute atomic E-state index is 12.0. The van der Waals surface area contributed by atoms with E-state index in [2.05, 4.69) is 10.2 Å². The number of carbonyl (C=O) groups is 1. The van der Waals surface area contributed by atoms with E-state index in [0.717, 1.165) is 17.9 Å². The van der Waals surface area contributed by atoms with Gasteiger partial charge in [0.15, 0.2) is 0 Å². The molecule has 0 unspecified atom stereocenters. The van der Waals surface area contributed by atoms with Gasteiger partial charge < -0.3 is 15.0 Å². The van der Waals surface area contributed by atoms with Crippen molar-refractivity contribution in [2.45, 2.75) is 18.9 Å². The van der Waals surface area contributed by atoms with Crippen LogP contribution in [0.15, 0.2) is 30.3 Å². The SMILES string of the molecule is COc1ccc(C=CC(=O)N[C@H]2CN3CCC2CC3)cc1. The molecule has 4 heteroatoms. The van der Waals surface area contributed by atoms with Crippen LogP contribution in [0.5, 0.6) is 5.75 Å². The normalized spacial score (nSPS) is 27.8. The summed E-state index contributed by atoms with van der Waals surface area (Å²) >= 11 is 0. The van der Waals surface area contributed by atoms with E-state index in [1.807, 2.05) is 30.3 Å². The fraction of sp³-hybridized carbons (Fsp3) is 0.471. The maximum atomic E-state index is 12.0. The van der Waals surface area contributed by atoms with Crippen LogP contribution >= 0.6 is 0 Å². The lowest BCUT2D eigenvalue weighted by Crippen LogP contribution is -2.57. The fourth-order valence-electron chi connectivity index (χ4n) is 3.25. The van der Waals surface area contributed by atoms with Gasteiger partial charge in [-0.15, -0.1) is 0 Å². The molecular weight excluding hydrogens is 264 g/mol. The number of amides is 1. The standard InChI is InChI=1S/C17H22N2O2/c1-21-15-5-2-13(3-6-15)4-7-17(20)18-16-12-19-10-8-14(16)9-11-19/h2-7,14,16H,8-12H2,1H3,(H,18,20)/t16-/m0/s1. The maximum Gasteiger partial charge on any atom is 0.244 e. The van der Waals surface area contributed by atoms with Gasteiger partial charge in [0.1, 0.15) is 5.75 Å². The molecule has 0 radical (unpaired) electrons. The molecule has 0 aromatic heterocycles. The number of rotatable bonds is 4. The molecule has 1 N–H and O–H groups in total. The predicted molar refractivity (Wildman–Crippen MR) is 83.1 cm³/mol. The zero-order chi connectivity index (χ0) is 14.7. The van der Waals surface area contributed by atoms with Crippen LogP contribution in [0.4, 0.5) is 0 Å². The second kappa shape index (κ2) is 6.31. The Labute approximate surface area is 125 Å². The second-order valence-electron chi connectivity index (χ2n) is 5.86. The predicted octanol–water partition coefficient (Wildman–Crippen LogP) is 1.92. The highest BCUT2D eigenvalue weighted by Crippen LogP contribution is 2.27. The van der Waals surface area contributed by atoms with Gasteiger partial charge in [-0.2, -0.15) is 0 Å². The number of hydrogen-bond donors (Lipinski definition) is 1. The first-order valence-electron chi connectivity index (χ1n) is 7.59. The molecule has 1 aromatic rings. The number of fused-ring (bicyclic) bond motifs is 3. The Morgan fingerprint density at radius 3 is 2.57 bits per heavy atom. The van der Waals surface area contributed by atoms with Gasteiger partial charge in [0.2, 0.25) is 5.91 Å². The van der Waals surface area contributed by atoms with Crippen LogP contribution < -0.4 is 10.1 Å². The Hall–Kier alpha value is -1.81. The molecule has 3 fully saturated rings. The van der Waals surface area contributed by atoms with E-state index in [4.69, 9.17) is 4.74 Å². The second-order valence-corrected chi connectivity index (χ2v) is 5.86. The van der Waals surface area contributed by atoms with Crippen LogP contribution in [-0.4, -0.2) is 43.6 Å². The number of ether oxygens (including phenoxy) is 1. The average Bonchev–Trinajstić information content (AvgIpc) is 2.54. The van der Waals surface area contributed by atoms with E-state index in [1.165, 1.54) is 25.9 Å². The first-order chi connectivity index (χ1) is 10.2. The Morgan fingerprint density at radius 2 is 2.00 bits per heavy atom. The summed E-state index contributed by atoms with van der Waals surface area (Å²) in [6.07, 6.45) is 5.90. The van der Waals surface area contributed by atoms with Gasteiger partial charge in [-0.25, -0.2) is 0 Å². The lowest BCUT2D eigenvalue weighted by Gasteiger charge is -2.44. The van der Waals surface area contributed by atoms with E-state index in [-0.39, 0.29) is 5.91 Å². The third-order valence-corrected chi connectivity index (χ3v) is 4.53. The van der Waals surface area contributed by atoms with Crippen molar-refractivity contribution in [3.8, 4) is 5.75 Å². The fourth-order valence-corrected chi connectivity index (χ4v) is 3.25. The zero-order valence-electron chi connectivity index (χ0n) is 12.4. The van der Waals surface area contributed by atoms with Crippen LogP contribution in [0.3, 0.4) is 0 Å². The highest BCUT2D eigenvalue weighted by atomic mass is 16.5. The third kappa shape index (κ3) is 3.45. The first kappa shape index (κ1) is 14.1. The van der Waals surface area contributed by atoms with Crippen molar-refractivity contribution in [1.29, 1.82) is 0 Å². The number of piperidine rings is 3. The van der Waals surface area contributed by atoms with Crippen molar-refractivity contribution < 1.29 is 9.53 Å². The summed E-state index contributed by atoms with van der Waals surface area (Å²) in [5.41, 5.74) is 1.000. The summed E-state index contributed by atoms with van der Waals surface area (Å²) in [6, 6.07) is 7.99. The van der Waals surface area contributed by atoms with Gasteiger partial charge >= 0.3 is 0 Å². The molecule has 0 saturated carbocycles. The Balaban J connectivity index is 1.54. The van der Waals surface area contributed by atoms with Crippen molar-refractivity contribution in [3.05, 3.63) is 35.9 Å². The van der Waals surface area contributed by atoms with E-state index in [9.17, 15) is 4.79 Å². The molecule has 4 nitrogen and oxygen atoms in total. The molecule has 3 aliphatic heterocycles. The molecule has 1 aromatic carbocycles. The highest BCUT2D eigenvalue weighted by Gasteiger charge is 2.34. The topological polar surface area (TPSA) is 41.6 Å². The summed E-state index contributed by atoms with van der Waals surface area (Å²) in [5.74, 6) is 1.49. The molecule has 21 heavy (non-hydrogen) atoms. The largest absolute Gasteiger partial charge is 0.497 e. The molecule has 3 aliphatic rings. The Bertz CT molecular complexity index is 516. The van der Waals surface area contributed by atoms with Crippen molar-refractivity contribution in [2.24, 2.45) is 5.92 Å². The van der Waals surface area contributed by atoms with Gasteiger partial charge in [0.25, 0.3) is 0 Å². The molecule has 2 bridgehead atoms. The molecule has 3 heterocycles. The molecule has 3 saturated heterocycles. The molecule has 1 atom stereocenters. The van der Waals surface area contributed by atoms with Crippen molar-refractivity contribution in [2.75, 3.05) is 26.7 Å². The number of nitrogens with one attached hydrogen (secondary N) is 1. The van der Waals surface area contributed by atoms with Crippen molar-refractivity contribution in [1.82, 2.24) is 10.2 Å². The highest BCUT2D eigenvalue weighted by molar-refractivity contribution is 5.92.